The second-order valence-corrected chi connectivity index (χ2v) is 5.42. The molecule has 1 aromatic rings. The monoisotopic (exact) mass is 278 g/mol. The fourth-order valence-corrected chi connectivity index (χ4v) is 2.22. The number of likely N-dealkylation sites (N-methyl/N-ethyl adjacent to an activating group) is 1. The molecule has 2 rings (SSSR count). The minimum absolute atomic E-state index is 0.797. The first kappa shape index (κ1) is 15.0. The number of rotatable bonds is 5. The molecule has 0 aliphatic carbocycles. The number of nitrogens with zero attached hydrogens (tertiary/aromatic N) is 4. The summed E-state index contributed by atoms with van der Waals surface area (Å²) in [5, 5.41) is 5.60. The van der Waals surface area contributed by atoms with E-state index in [2.05, 4.69) is 51.5 Å². The van der Waals surface area contributed by atoms with Gasteiger partial charge in [0.15, 0.2) is 0 Å². The van der Waals surface area contributed by atoms with Crippen LogP contribution in [0.3, 0.4) is 0 Å². The lowest BCUT2D eigenvalue weighted by molar-refractivity contribution is 0.178. The third-order valence-corrected chi connectivity index (χ3v) is 3.57. The predicted octanol–water partition coefficient (Wildman–Crippen LogP) is 1.49. The Balaban J connectivity index is 2.08. The van der Waals surface area contributed by atoms with Gasteiger partial charge in [0.05, 0.1) is 0 Å². The summed E-state index contributed by atoms with van der Waals surface area (Å²) in [5.74, 6) is 2.66. The van der Waals surface area contributed by atoms with Crippen molar-refractivity contribution in [3.05, 3.63) is 11.4 Å². The lowest BCUT2D eigenvalue weighted by Crippen LogP contribution is -2.47. The molecule has 0 bridgehead atoms. The molecule has 0 atom stereocenters. The highest BCUT2D eigenvalue weighted by atomic mass is 15.5. The van der Waals surface area contributed by atoms with Crippen LogP contribution >= 0.6 is 0 Å². The Morgan fingerprint density at radius 2 is 1.70 bits per heavy atom. The van der Waals surface area contributed by atoms with E-state index in [0.717, 1.165) is 62.2 Å². The third-order valence-electron chi connectivity index (χ3n) is 3.57. The first-order valence-corrected chi connectivity index (χ1v) is 7.39. The molecule has 0 aromatic carbocycles. The maximum absolute atomic E-state index is 4.54. The second kappa shape index (κ2) is 6.85. The Morgan fingerprint density at radius 1 is 1.05 bits per heavy atom. The van der Waals surface area contributed by atoms with E-state index >= 15 is 0 Å². The average Bonchev–Trinajstić information content (AvgIpc) is 2.43. The highest BCUT2D eigenvalue weighted by molar-refractivity contribution is 5.56. The SMILES string of the molecule is CCCNc1nc(C)nc(NN2CCN(C)CC2)c1C. The Bertz CT molecular complexity index is 440. The minimum Gasteiger partial charge on any atom is -0.370 e. The highest BCUT2D eigenvalue weighted by Crippen LogP contribution is 2.20. The van der Waals surface area contributed by atoms with Crippen molar-refractivity contribution in [2.75, 3.05) is 50.5 Å². The van der Waals surface area contributed by atoms with Crippen LogP contribution in [-0.2, 0) is 0 Å². The summed E-state index contributed by atoms with van der Waals surface area (Å²) in [7, 11) is 2.16. The molecule has 6 heteroatoms. The fraction of sp³-hybridized carbons (Fsp3) is 0.714. The van der Waals surface area contributed by atoms with E-state index in [4.69, 9.17) is 0 Å². The zero-order valence-electron chi connectivity index (χ0n) is 13.0. The fourth-order valence-electron chi connectivity index (χ4n) is 2.22. The van der Waals surface area contributed by atoms with E-state index in [1.165, 1.54) is 0 Å². The summed E-state index contributed by atoms with van der Waals surface area (Å²) in [6, 6.07) is 0. The summed E-state index contributed by atoms with van der Waals surface area (Å²) >= 11 is 0. The van der Waals surface area contributed by atoms with Crippen LogP contribution in [0, 0.1) is 13.8 Å². The number of aryl methyl sites for hydroxylation is 1. The molecule has 1 fully saturated rings. The molecule has 2 heterocycles. The van der Waals surface area contributed by atoms with Crippen molar-refractivity contribution in [3.63, 3.8) is 0 Å². The molecule has 1 saturated heterocycles. The van der Waals surface area contributed by atoms with Crippen LogP contribution in [0.25, 0.3) is 0 Å². The van der Waals surface area contributed by atoms with Crippen molar-refractivity contribution in [2.24, 2.45) is 0 Å². The van der Waals surface area contributed by atoms with Gasteiger partial charge in [0.25, 0.3) is 0 Å². The van der Waals surface area contributed by atoms with E-state index in [-0.39, 0.29) is 0 Å². The Labute approximate surface area is 121 Å². The molecule has 1 aliphatic rings. The average molecular weight is 278 g/mol. The zero-order valence-corrected chi connectivity index (χ0v) is 13.0. The summed E-state index contributed by atoms with van der Waals surface area (Å²) < 4.78 is 0. The summed E-state index contributed by atoms with van der Waals surface area (Å²) in [6.45, 7) is 11.3. The first-order valence-electron chi connectivity index (χ1n) is 7.39. The molecule has 0 amide bonds. The maximum atomic E-state index is 4.54. The van der Waals surface area contributed by atoms with Gasteiger partial charge < -0.3 is 15.6 Å². The molecule has 1 aromatic heterocycles. The van der Waals surface area contributed by atoms with Crippen LogP contribution in [-0.4, -0.2) is 59.6 Å². The summed E-state index contributed by atoms with van der Waals surface area (Å²) in [5.41, 5.74) is 4.53. The molecule has 20 heavy (non-hydrogen) atoms. The number of nitrogens with one attached hydrogen (secondary N) is 2. The van der Waals surface area contributed by atoms with Crippen LogP contribution in [0.5, 0.6) is 0 Å². The van der Waals surface area contributed by atoms with E-state index in [1.54, 1.807) is 0 Å². The van der Waals surface area contributed by atoms with E-state index < -0.39 is 0 Å². The van der Waals surface area contributed by atoms with E-state index in [0.29, 0.717) is 0 Å². The van der Waals surface area contributed by atoms with Gasteiger partial charge in [-0.1, -0.05) is 6.92 Å². The summed E-state index contributed by atoms with van der Waals surface area (Å²) in [4.78, 5) is 11.4. The quantitative estimate of drug-likeness (QED) is 0.851. The molecule has 0 saturated carbocycles. The minimum atomic E-state index is 0.797. The smallest absolute Gasteiger partial charge is 0.149 e. The van der Waals surface area contributed by atoms with Crippen molar-refractivity contribution in [3.8, 4) is 0 Å². The van der Waals surface area contributed by atoms with Gasteiger partial charge in [-0.2, -0.15) is 0 Å². The molecular weight excluding hydrogens is 252 g/mol. The first-order chi connectivity index (χ1) is 9.60. The molecule has 0 radical (unpaired) electrons. The van der Waals surface area contributed by atoms with Gasteiger partial charge in [-0.25, -0.2) is 15.0 Å². The Hall–Kier alpha value is -1.40. The topological polar surface area (TPSA) is 56.3 Å². The Morgan fingerprint density at radius 3 is 2.35 bits per heavy atom. The van der Waals surface area contributed by atoms with Crippen molar-refractivity contribution in [1.82, 2.24) is 19.9 Å². The van der Waals surface area contributed by atoms with E-state index in [9.17, 15) is 0 Å². The summed E-state index contributed by atoms with van der Waals surface area (Å²) in [6.07, 6.45) is 1.09. The molecule has 0 unspecified atom stereocenters. The van der Waals surface area contributed by atoms with Crippen molar-refractivity contribution < 1.29 is 0 Å². The van der Waals surface area contributed by atoms with Gasteiger partial charge in [-0.05, 0) is 27.3 Å². The second-order valence-electron chi connectivity index (χ2n) is 5.42. The molecule has 0 spiro atoms. The zero-order chi connectivity index (χ0) is 14.5. The van der Waals surface area contributed by atoms with Crippen LogP contribution < -0.4 is 10.7 Å². The van der Waals surface area contributed by atoms with Gasteiger partial charge in [0.1, 0.15) is 17.5 Å². The molecule has 2 N–H and O–H groups in total. The lowest BCUT2D eigenvalue weighted by Gasteiger charge is -2.33. The number of hydrazine groups is 1. The highest BCUT2D eigenvalue weighted by Gasteiger charge is 2.16. The number of anilines is 2. The molecule has 6 nitrogen and oxygen atoms in total. The standard InChI is InChI=1S/C14H26N6/c1-5-6-15-13-11(2)14(17-12(3)16-13)18-20-9-7-19(4)8-10-20/h5-10H2,1-4H3,(H2,15,16,17,18). The lowest BCUT2D eigenvalue weighted by atomic mass is 10.3. The van der Waals surface area contributed by atoms with Crippen LogP contribution in [0.1, 0.15) is 24.7 Å². The van der Waals surface area contributed by atoms with Gasteiger partial charge in [-0.3, -0.25) is 0 Å². The van der Waals surface area contributed by atoms with Gasteiger partial charge in [-0.15, -0.1) is 0 Å². The van der Waals surface area contributed by atoms with Crippen LogP contribution in [0.2, 0.25) is 0 Å². The van der Waals surface area contributed by atoms with E-state index in [1.807, 2.05) is 6.92 Å². The molecule has 112 valence electrons. The van der Waals surface area contributed by atoms with Gasteiger partial charge in [0.2, 0.25) is 0 Å². The normalized spacial score (nSPS) is 17.2. The van der Waals surface area contributed by atoms with Crippen molar-refractivity contribution >= 4 is 11.6 Å². The van der Waals surface area contributed by atoms with Crippen molar-refractivity contribution in [2.45, 2.75) is 27.2 Å². The maximum Gasteiger partial charge on any atom is 0.149 e. The number of aromatic nitrogens is 2. The van der Waals surface area contributed by atoms with Crippen LogP contribution in [0.15, 0.2) is 0 Å². The van der Waals surface area contributed by atoms with Crippen molar-refractivity contribution in [1.29, 1.82) is 0 Å². The number of hydrogen-bond acceptors (Lipinski definition) is 6. The third kappa shape index (κ3) is 3.80. The number of hydrogen-bond donors (Lipinski definition) is 2. The van der Waals surface area contributed by atoms with Gasteiger partial charge >= 0.3 is 0 Å². The molecular formula is C14H26N6. The predicted molar refractivity (Wildman–Crippen MR) is 83.0 cm³/mol. The molecule has 1 aliphatic heterocycles. The van der Waals surface area contributed by atoms with Crippen LogP contribution in [0.4, 0.5) is 11.6 Å². The number of piperazine rings is 1. The van der Waals surface area contributed by atoms with Gasteiger partial charge in [0, 0.05) is 38.3 Å². The Kier molecular flexibility index (Phi) is 5.14. The largest absolute Gasteiger partial charge is 0.370 e.